The Balaban J connectivity index is 2.12. The molecular weight excluding hydrogens is 286 g/mol. The average molecular weight is 307 g/mol. The Labute approximate surface area is 130 Å². The summed E-state index contributed by atoms with van der Waals surface area (Å²) in [6.45, 7) is 6.15. The van der Waals surface area contributed by atoms with Gasteiger partial charge in [0.2, 0.25) is 0 Å². The molecule has 0 aromatic heterocycles. The molecule has 0 fully saturated rings. The predicted octanol–water partition coefficient (Wildman–Crippen LogP) is 3.40. The molecule has 1 aromatic carbocycles. The van der Waals surface area contributed by atoms with Crippen molar-refractivity contribution in [2.75, 3.05) is 18.1 Å². The molecule has 0 amide bonds. The lowest BCUT2D eigenvalue weighted by Crippen LogP contribution is -2.25. The minimum absolute atomic E-state index is 0.185. The predicted molar refractivity (Wildman–Crippen MR) is 84.4 cm³/mol. The van der Waals surface area contributed by atoms with E-state index in [1.807, 2.05) is 26.8 Å². The van der Waals surface area contributed by atoms with Gasteiger partial charge in [0.1, 0.15) is 11.4 Å². The quantitative estimate of drug-likeness (QED) is 0.571. The highest BCUT2D eigenvalue weighted by atomic mass is 32.2. The standard InChI is InChI=1S/C16H21NO3S/c1-16(2,3)20-15(18)12-21-9-5-8-19-14-7-4-6-13(10-14)11-17/h4,6-7,10H,5,8-9,12H2,1-3H3. The van der Waals surface area contributed by atoms with Gasteiger partial charge in [0.05, 0.1) is 24.0 Å². The van der Waals surface area contributed by atoms with Crippen molar-refractivity contribution in [2.24, 2.45) is 0 Å². The molecule has 1 aromatic rings. The van der Waals surface area contributed by atoms with Crippen molar-refractivity contribution in [3.8, 4) is 11.8 Å². The van der Waals surface area contributed by atoms with E-state index in [4.69, 9.17) is 14.7 Å². The molecular formula is C16H21NO3S. The molecule has 0 saturated carbocycles. The Bertz CT molecular complexity index is 503. The maximum atomic E-state index is 11.5. The molecule has 0 atom stereocenters. The van der Waals surface area contributed by atoms with Crippen LogP contribution < -0.4 is 4.74 Å². The summed E-state index contributed by atoms with van der Waals surface area (Å²) in [6.07, 6.45) is 0.838. The molecule has 0 aliphatic rings. The number of thioether (sulfide) groups is 1. The van der Waals surface area contributed by atoms with Gasteiger partial charge < -0.3 is 9.47 Å². The van der Waals surface area contributed by atoms with Crippen LogP contribution in [0.1, 0.15) is 32.8 Å². The summed E-state index contributed by atoms with van der Waals surface area (Å²) in [5.74, 6) is 1.71. The van der Waals surface area contributed by atoms with Crippen LogP contribution in [-0.4, -0.2) is 29.7 Å². The van der Waals surface area contributed by atoms with Crippen LogP contribution in [0.15, 0.2) is 24.3 Å². The Morgan fingerprint density at radius 1 is 1.38 bits per heavy atom. The van der Waals surface area contributed by atoms with Crippen LogP contribution in [0, 0.1) is 11.3 Å². The number of benzene rings is 1. The molecule has 0 bridgehead atoms. The summed E-state index contributed by atoms with van der Waals surface area (Å²) in [4.78, 5) is 11.5. The van der Waals surface area contributed by atoms with Gasteiger partial charge in [-0.1, -0.05) is 6.07 Å². The van der Waals surface area contributed by atoms with E-state index in [1.165, 1.54) is 11.8 Å². The van der Waals surface area contributed by atoms with Crippen LogP contribution in [0.5, 0.6) is 5.75 Å². The van der Waals surface area contributed by atoms with E-state index in [-0.39, 0.29) is 5.97 Å². The van der Waals surface area contributed by atoms with Gasteiger partial charge in [-0.3, -0.25) is 4.79 Å². The third-order valence-corrected chi connectivity index (χ3v) is 3.32. The van der Waals surface area contributed by atoms with E-state index in [0.717, 1.165) is 12.2 Å². The molecule has 0 saturated heterocycles. The van der Waals surface area contributed by atoms with Crippen molar-refractivity contribution in [3.63, 3.8) is 0 Å². The fraction of sp³-hybridized carbons (Fsp3) is 0.500. The highest BCUT2D eigenvalue weighted by molar-refractivity contribution is 7.99. The van der Waals surface area contributed by atoms with Gasteiger partial charge in [0.15, 0.2) is 0 Å². The number of esters is 1. The van der Waals surface area contributed by atoms with Crippen LogP contribution in [0.2, 0.25) is 0 Å². The summed E-state index contributed by atoms with van der Waals surface area (Å²) in [7, 11) is 0. The first-order chi connectivity index (χ1) is 9.90. The Morgan fingerprint density at radius 2 is 2.14 bits per heavy atom. The zero-order valence-electron chi connectivity index (χ0n) is 12.7. The van der Waals surface area contributed by atoms with Gasteiger partial charge in [-0.05, 0) is 51.1 Å². The lowest BCUT2D eigenvalue weighted by atomic mass is 10.2. The summed E-state index contributed by atoms with van der Waals surface area (Å²) < 4.78 is 10.8. The van der Waals surface area contributed by atoms with Crippen molar-refractivity contribution in [2.45, 2.75) is 32.8 Å². The number of nitrogens with zero attached hydrogens (tertiary/aromatic N) is 1. The largest absolute Gasteiger partial charge is 0.494 e. The molecule has 0 aliphatic heterocycles. The van der Waals surface area contributed by atoms with Gasteiger partial charge in [-0.15, -0.1) is 0 Å². The third kappa shape index (κ3) is 8.26. The second-order valence-electron chi connectivity index (χ2n) is 5.48. The maximum absolute atomic E-state index is 11.5. The molecule has 4 nitrogen and oxygen atoms in total. The summed E-state index contributed by atoms with van der Waals surface area (Å²) >= 11 is 1.54. The molecule has 0 radical (unpaired) electrons. The molecule has 0 N–H and O–H groups in total. The Kier molecular flexibility index (Phi) is 7.10. The number of hydrogen-bond acceptors (Lipinski definition) is 5. The van der Waals surface area contributed by atoms with Gasteiger partial charge in [0.25, 0.3) is 0 Å². The average Bonchev–Trinajstić information content (AvgIpc) is 2.41. The highest BCUT2D eigenvalue weighted by Crippen LogP contribution is 2.14. The molecule has 114 valence electrons. The lowest BCUT2D eigenvalue weighted by molar-refractivity contribution is -0.151. The van der Waals surface area contributed by atoms with E-state index in [1.54, 1.807) is 18.2 Å². The van der Waals surface area contributed by atoms with Gasteiger partial charge >= 0.3 is 5.97 Å². The number of rotatable bonds is 7. The number of carbonyl (C=O) groups excluding carboxylic acids is 1. The fourth-order valence-electron chi connectivity index (χ4n) is 1.53. The first kappa shape index (κ1) is 17.4. The van der Waals surface area contributed by atoms with Crippen LogP contribution in [0.3, 0.4) is 0 Å². The topological polar surface area (TPSA) is 59.3 Å². The highest BCUT2D eigenvalue weighted by Gasteiger charge is 2.15. The second kappa shape index (κ2) is 8.58. The van der Waals surface area contributed by atoms with Crippen LogP contribution in [0.25, 0.3) is 0 Å². The molecule has 0 unspecified atom stereocenters. The van der Waals surface area contributed by atoms with E-state index in [0.29, 0.717) is 23.7 Å². The third-order valence-electron chi connectivity index (χ3n) is 2.30. The Hall–Kier alpha value is -1.67. The maximum Gasteiger partial charge on any atom is 0.316 e. The summed E-state index contributed by atoms with van der Waals surface area (Å²) in [5, 5.41) is 8.78. The Morgan fingerprint density at radius 3 is 2.81 bits per heavy atom. The zero-order chi connectivity index (χ0) is 15.7. The van der Waals surface area contributed by atoms with E-state index >= 15 is 0 Å². The number of carbonyl (C=O) groups is 1. The van der Waals surface area contributed by atoms with Crippen molar-refractivity contribution >= 4 is 17.7 Å². The molecule has 0 heterocycles. The van der Waals surface area contributed by atoms with Crippen molar-refractivity contribution in [3.05, 3.63) is 29.8 Å². The smallest absolute Gasteiger partial charge is 0.316 e. The van der Waals surface area contributed by atoms with Crippen LogP contribution in [-0.2, 0) is 9.53 Å². The van der Waals surface area contributed by atoms with Gasteiger partial charge in [0, 0.05) is 0 Å². The monoisotopic (exact) mass is 307 g/mol. The first-order valence-electron chi connectivity index (χ1n) is 6.83. The minimum atomic E-state index is -0.424. The van der Waals surface area contributed by atoms with E-state index in [2.05, 4.69) is 6.07 Å². The number of hydrogen-bond donors (Lipinski definition) is 0. The number of nitriles is 1. The first-order valence-corrected chi connectivity index (χ1v) is 7.99. The molecule has 21 heavy (non-hydrogen) atoms. The van der Waals surface area contributed by atoms with Crippen LogP contribution in [0.4, 0.5) is 0 Å². The fourth-order valence-corrected chi connectivity index (χ4v) is 2.22. The van der Waals surface area contributed by atoms with E-state index < -0.39 is 5.60 Å². The zero-order valence-corrected chi connectivity index (χ0v) is 13.5. The van der Waals surface area contributed by atoms with Gasteiger partial charge in [-0.2, -0.15) is 17.0 Å². The molecule has 0 spiro atoms. The van der Waals surface area contributed by atoms with Crippen molar-refractivity contribution in [1.82, 2.24) is 0 Å². The van der Waals surface area contributed by atoms with Crippen molar-refractivity contribution < 1.29 is 14.3 Å². The van der Waals surface area contributed by atoms with Crippen LogP contribution >= 0.6 is 11.8 Å². The summed E-state index contributed by atoms with van der Waals surface area (Å²) in [5.41, 5.74) is 0.166. The second-order valence-corrected chi connectivity index (χ2v) is 6.59. The van der Waals surface area contributed by atoms with Crippen molar-refractivity contribution in [1.29, 1.82) is 5.26 Å². The minimum Gasteiger partial charge on any atom is -0.494 e. The summed E-state index contributed by atoms with van der Waals surface area (Å²) in [6, 6.07) is 9.15. The van der Waals surface area contributed by atoms with E-state index in [9.17, 15) is 4.79 Å². The molecule has 0 aliphatic carbocycles. The SMILES string of the molecule is CC(C)(C)OC(=O)CSCCCOc1cccc(C#N)c1. The normalized spacial score (nSPS) is 10.8. The lowest BCUT2D eigenvalue weighted by Gasteiger charge is -2.19. The molecule has 1 rings (SSSR count). The number of ether oxygens (including phenoxy) is 2. The molecule has 5 heteroatoms. The van der Waals surface area contributed by atoms with Gasteiger partial charge in [-0.25, -0.2) is 0 Å².